The van der Waals surface area contributed by atoms with Gasteiger partial charge in [0.2, 0.25) is 10.0 Å². The number of rotatable bonds is 6. The minimum atomic E-state index is -3.43. The van der Waals surface area contributed by atoms with Crippen LogP contribution in [0.5, 0.6) is 0 Å². The first-order valence-corrected chi connectivity index (χ1v) is 7.61. The van der Waals surface area contributed by atoms with E-state index in [1.54, 1.807) is 31.3 Å². The monoisotopic (exact) mass is 270 g/mol. The van der Waals surface area contributed by atoms with Gasteiger partial charge in [-0.15, -0.1) is 0 Å². The molecule has 0 amide bonds. The van der Waals surface area contributed by atoms with Gasteiger partial charge in [0, 0.05) is 20.1 Å². The van der Waals surface area contributed by atoms with Crippen LogP contribution in [0.4, 0.5) is 0 Å². The van der Waals surface area contributed by atoms with E-state index in [2.05, 4.69) is 6.92 Å². The highest BCUT2D eigenvalue weighted by Gasteiger charge is 2.23. The summed E-state index contributed by atoms with van der Waals surface area (Å²) in [6, 6.07) is 6.90. The van der Waals surface area contributed by atoms with Crippen LogP contribution in [0.3, 0.4) is 0 Å². The summed E-state index contributed by atoms with van der Waals surface area (Å²) in [6.07, 6.45) is 0.957. The first kappa shape index (κ1) is 15.1. The highest BCUT2D eigenvalue weighted by Crippen LogP contribution is 2.20. The highest BCUT2D eigenvalue weighted by atomic mass is 32.2. The number of sulfonamides is 1. The van der Waals surface area contributed by atoms with Crippen LogP contribution in [0.25, 0.3) is 0 Å². The third-order valence-electron chi connectivity index (χ3n) is 3.15. The molecule has 0 radical (unpaired) electrons. The Morgan fingerprint density at radius 1 is 1.33 bits per heavy atom. The van der Waals surface area contributed by atoms with Gasteiger partial charge in [0.05, 0.1) is 4.90 Å². The second kappa shape index (κ2) is 6.31. The van der Waals surface area contributed by atoms with Gasteiger partial charge in [0.25, 0.3) is 0 Å². The standard InChI is InChI=1S/C13H22N2O2S/c1-4-11(2)10-15(3)18(16,17)13-8-6-5-7-12(13)9-14/h5-8,11H,4,9-10,14H2,1-3H3. The Labute approximate surface area is 110 Å². The molecule has 0 aromatic heterocycles. The van der Waals surface area contributed by atoms with Crippen molar-refractivity contribution >= 4 is 10.0 Å². The summed E-state index contributed by atoms with van der Waals surface area (Å²) in [4.78, 5) is 0.318. The second-order valence-corrected chi connectivity index (χ2v) is 6.62. The van der Waals surface area contributed by atoms with E-state index >= 15 is 0 Å². The zero-order valence-electron chi connectivity index (χ0n) is 11.3. The molecular formula is C13H22N2O2S. The molecule has 0 spiro atoms. The lowest BCUT2D eigenvalue weighted by atomic mass is 10.1. The summed E-state index contributed by atoms with van der Waals surface area (Å²) in [5.41, 5.74) is 6.25. The Morgan fingerprint density at radius 3 is 2.50 bits per heavy atom. The van der Waals surface area contributed by atoms with Crippen LogP contribution in [-0.2, 0) is 16.6 Å². The molecule has 0 heterocycles. The largest absolute Gasteiger partial charge is 0.326 e. The fraction of sp³-hybridized carbons (Fsp3) is 0.538. The Hall–Kier alpha value is -0.910. The van der Waals surface area contributed by atoms with Gasteiger partial charge >= 0.3 is 0 Å². The van der Waals surface area contributed by atoms with E-state index in [9.17, 15) is 8.42 Å². The summed E-state index contributed by atoms with van der Waals surface area (Å²) in [5.74, 6) is 0.342. The fourth-order valence-corrected chi connectivity index (χ4v) is 3.28. The number of nitrogens with two attached hydrogens (primary N) is 1. The van der Waals surface area contributed by atoms with Crippen LogP contribution in [0.1, 0.15) is 25.8 Å². The van der Waals surface area contributed by atoms with Crippen molar-refractivity contribution in [3.63, 3.8) is 0 Å². The van der Waals surface area contributed by atoms with Gasteiger partial charge in [-0.1, -0.05) is 38.5 Å². The van der Waals surface area contributed by atoms with Gasteiger partial charge in [0.15, 0.2) is 0 Å². The third kappa shape index (κ3) is 3.31. The highest BCUT2D eigenvalue weighted by molar-refractivity contribution is 7.89. The quantitative estimate of drug-likeness (QED) is 0.857. The molecule has 4 nitrogen and oxygen atoms in total. The van der Waals surface area contributed by atoms with Crippen LogP contribution < -0.4 is 5.73 Å². The molecule has 1 aromatic rings. The molecule has 102 valence electrons. The smallest absolute Gasteiger partial charge is 0.243 e. The molecule has 1 aromatic carbocycles. The van der Waals surface area contributed by atoms with Gasteiger partial charge in [-0.05, 0) is 17.5 Å². The van der Waals surface area contributed by atoms with Crippen molar-refractivity contribution in [2.24, 2.45) is 11.7 Å². The van der Waals surface area contributed by atoms with Crippen LogP contribution in [-0.4, -0.2) is 26.3 Å². The zero-order chi connectivity index (χ0) is 13.8. The van der Waals surface area contributed by atoms with Crippen LogP contribution >= 0.6 is 0 Å². The number of nitrogens with zero attached hydrogens (tertiary/aromatic N) is 1. The predicted octanol–water partition coefficient (Wildman–Crippen LogP) is 1.81. The number of hydrogen-bond acceptors (Lipinski definition) is 3. The molecule has 5 heteroatoms. The summed E-state index contributed by atoms with van der Waals surface area (Å²) >= 11 is 0. The van der Waals surface area contributed by atoms with Crippen LogP contribution in [0.2, 0.25) is 0 Å². The molecule has 18 heavy (non-hydrogen) atoms. The van der Waals surface area contributed by atoms with Crippen molar-refractivity contribution in [3.05, 3.63) is 29.8 Å². The third-order valence-corrected chi connectivity index (χ3v) is 5.07. The molecule has 0 aliphatic heterocycles. The van der Waals surface area contributed by atoms with Crippen molar-refractivity contribution in [3.8, 4) is 0 Å². The first-order valence-electron chi connectivity index (χ1n) is 6.17. The minimum Gasteiger partial charge on any atom is -0.326 e. The molecule has 0 aliphatic rings. The SMILES string of the molecule is CCC(C)CN(C)S(=O)(=O)c1ccccc1CN. The molecule has 0 aliphatic carbocycles. The van der Waals surface area contributed by atoms with Crippen molar-refractivity contribution in [1.82, 2.24) is 4.31 Å². The predicted molar refractivity (Wildman–Crippen MR) is 73.6 cm³/mol. The molecule has 2 N–H and O–H groups in total. The van der Waals surface area contributed by atoms with Crippen molar-refractivity contribution in [2.75, 3.05) is 13.6 Å². The fourth-order valence-electron chi connectivity index (χ4n) is 1.76. The maximum absolute atomic E-state index is 12.4. The molecule has 1 rings (SSSR count). The van der Waals surface area contributed by atoms with Gasteiger partial charge in [-0.2, -0.15) is 0 Å². The molecule has 1 atom stereocenters. The molecule has 0 saturated carbocycles. The number of hydrogen-bond donors (Lipinski definition) is 1. The van der Waals surface area contributed by atoms with Crippen LogP contribution in [0.15, 0.2) is 29.2 Å². The van der Waals surface area contributed by atoms with E-state index in [-0.39, 0.29) is 6.54 Å². The lowest BCUT2D eigenvalue weighted by molar-refractivity contribution is 0.393. The van der Waals surface area contributed by atoms with E-state index in [1.165, 1.54) is 4.31 Å². The van der Waals surface area contributed by atoms with E-state index < -0.39 is 10.0 Å². The Bertz CT molecular complexity index is 486. The van der Waals surface area contributed by atoms with Gasteiger partial charge < -0.3 is 5.73 Å². The molecular weight excluding hydrogens is 248 g/mol. The summed E-state index contributed by atoms with van der Waals surface area (Å²) in [6.45, 7) is 4.85. The van der Waals surface area contributed by atoms with Crippen molar-refractivity contribution in [1.29, 1.82) is 0 Å². The summed E-state index contributed by atoms with van der Waals surface area (Å²) in [5, 5.41) is 0. The molecule has 0 bridgehead atoms. The van der Waals surface area contributed by atoms with Crippen molar-refractivity contribution < 1.29 is 8.42 Å². The second-order valence-electron chi connectivity index (χ2n) is 4.61. The molecule has 1 unspecified atom stereocenters. The Kier molecular flexibility index (Phi) is 5.31. The minimum absolute atomic E-state index is 0.229. The molecule has 0 saturated heterocycles. The normalized spacial score (nSPS) is 13.8. The van der Waals surface area contributed by atoms with E-state index in [0.29, 0.717) is 22.9 Å². The van der Waals surface area contributed by atoms with Crippen LogP contribution in [0, 0.1) is 5.92 Å². The number of benzene rings is 1. The van der Waals surface area contributed by atoms with E-state index in [0.717, 1.165) is 6.42 Å². The molecule has 0 fully saturated rings. The van der Waals surface area contributed by atoms with E-state index in [4.69, 9.17) is 5.73 Å². The van der Waals surface area contributed by atoms with Crippen molar-refractivity contribution in [2.45, 2.75) is 31.7 Å². The van der Waals surface area contributed by atoms with Gasteiger partial charge in [-0.25, -0.2) is 12.7 Å². The summed E-state index contributed by atoms with van der Waals surface area (Å²) in [7, 11) is -1.81. The van der Waals surface area contributed by atoms with E-state index in [1.807, 2.05) is 6.92 Å². The lowest BCUT2D eigenvalue weighted by Gasteiger charge is -2.21. The zero-order valence-corrected chi connectivity index (χ0v) is 12.1. The Balaban J connectivity index is 3.05. The maximum atomic E-state index is 12.4. The lowest BCUT2D eigenvalue weighted by Crippen LogP contribution is -2.31. The topological polar surface area (TPSA) is 63.4 Å². The van der Waals surface area contributed by atoms with Gasteiger partial charge in [0.1, 0.15) is 0 Å². The average molecular weight is 270 g/mol. The maximum Gasteiger partial charge on any atom is 0.243 e. The first-order chi connectivity index (χ1) is 8.43. The Morgan fingerprint density at radius 2 is 1.94 bits per heavy atom. The average Bonchev–Trinajstić information content (AvgIpc) is 2.38. The summed E-state index contributed by atoms with van der Waals surface area (Å²) < 4.78 is 26.3. The van der Waals surface area contributed by atoms with Gasteiger partial charge in [-0.3, -0.25) is 0 Å².